The first-order valence-electron chi connectivity index (χ1n) is 5.50. The normalized spacial score (nSPS) is 11.4. The number of benzene rings is 1. The lowest BCUT2D eigenvalue weighted by atomic mass is 10.1. The van der Waals surface area contributed by atoms with Crippen molar-refractivity contribution in [3.05, 3.63) is 35.1 Å². The van der Waals surface area contributed by atoms with E-state index in [1.165, 1.54) is 7.11 Å². The van der Waals surface area contributed by atoms with Gasteiger partial charge in [-0.25, -0.2) is 4.39 Å². The van der Waals surface area contributed by atoms with Crippen molar-refractivity contribution in [1.82, 2.24) is 5.32 Å². The Kier molecular flexibility index (Phi) is 5.29. The topological polar surface area (TPSA) is 38.3 Å². The van der Waals surface area contributed by atoms with Crippen molar-refractivity contribution in [2.45, 2.75) is 12.6 Å². The number of halogens is 4. The van der Waals surface area contributed by atoms with Gasteiger partial charge in [0.25, 0.3) is 5.91 Å². The molecule has 0 aliphatic carbocycles. The summed E-state index contributed by atoms with van der Waals surface area (Å²) in [5, 5.41) is 2.42. The van der Waals surface area contributed by atoms with Crippen molar-refractivity contribution in [3.8, 4) is 0 Å². The maximum Gasteiger partial charge on any atom is 0.419 e. The first-order valence-corrected chi connectivity index (χ1v) is 5.50. The third-order valence-corrected chi connectivity index (χ3v) is 2.34. The van der Waals surface area contributed by atoms with Gasteiger partial charge in [0.15, 0.2) is 0 Å². The Morgan fingerprint density at radius 2 is 2.05 bits per heavy atom. The van der Waals surface area contributed by atoms with E-state index in [2.05, 4.69) is 5.32 Å². The Morgan fingerprint density at radius 3 is 2.63 bits per heavy atom. The molecule has 1 amide bonds. The Hall–Kier alpha value is -1.63. The number of carbonyl (C=O) groups excluding carboxylic acids is 1. The van der Waals surface area contributed by atoms with Gasteiger partial charge < -0.3 is 10.1 Å². The van der Waals surface area contributed by atoms with Gasteiger partial charge in [-0.3, -0.25) is 4.79 Å². The van der Waals surface area contributed by atoms with Crippen LogP contribution >= 0.6 is 0 Å². The molecule has 1 aromatic rings. The van der Waals surface area contributed by atoms with E-state index in [1.807, 2.05) is 0 Å². The average Bonchev–Trinajstić information content (AvgIpc) is 2.33. The molecule has 1 rings (SSSR count). The minimum Gasteiger partial charge on any atom is -0.385 e. The van der Waals surface area contributed by atoms with E-state index in [4.69, 9.17) is 4.74 Å². The second-order valence-electron chi connectivity index (χ2n) is 3.79. The van der Waals surface area contributed by atoms with Crippen molar-refractivity contribution in [2.24, 2.45) is 0 Å². The summed E-state index contributed by atoms with van der Waals surface area (Å²) < 4.78 is 55.1. The number of alkyl halides is 3. The van der Waals surface area contributed by atoms with E-state index in [0.717, 1.165) is 6.07 Å². The Labute approximate surface area is 107 Å². The molecule has 19 heavy (non-hydrogen) atoms. The zero-order valence-corrected chi connectivity index (χ0v) is 10.2. The summed E-state index contributed by atoms with van der Waals surface area (Å²) in [5.74, 6) is -2.08. The van der Waals surface area contributed by atoms with Crippen LogP contribution < -0.4 is 5.32 Å². The number of hydrogen-bond acceptors (Lipinski definition) is 2. The minimum atomic E-state index is -4.82. The highest BCUT2D eigenvalue weighted by Crippen LogP contribution is 2.31. The van der Waals surface area contributed by atoms with E-state index >= 15 is 0 Å². The molecule has 0 atom stereocenters. The maximum absolute atomic E-state index is 13.0. The predicted octanol–water partition coefficient (Wildman–Crippen LogP) is 2.61. The summed E-state index contributed by atoms with van der Waals surface area (Å²) in [4.78, 5) is 11.6. The monoisotopic (exact) mass is 279 g/mol. The number of rotatable bonds is 5. The molecule has 0 aliphatic heterocycles. The first-order chi connectivity index (χ1) is 8.86. The minimum absolute atomic E-state index is 0.230. The Morgan fingerprint density at radius 1 is 1.37 bits per heavy atom. The fourth-order valence-corrected chi connectivity index (χ4v) is 1.40. The van der Waals surface area contributed by atoms with Gasteiger partial charge >= 0.3 is 6.18 Å². The summed E-state index contributed by atoms with van der Waals surface area (Å²) in [6, 6.07) is 2.14. The molecule has 0 aromatic heterocycles. The van der Waals surface area contributed by atoms with E-state index in [0.29, 0.717) is 25.2 Å². The van der Waals surface area contributed by atoms with Crippen molar-refractivity contribution in [3.63, 3.8) is 0 Å². The summed E-state index contributed by atoms with van der Waals surface area (Å²) in [6.07, 6.45) is -4.29. The molecule has 7 heteroatoms. The summed E-state index contributed by atoms with van der Waals surface area (Å²) in [6.45, 7) is 0.697. The summed E-state index contributed by atoms with van der Waals surface area (Å²) in [7, 11) is 1.50. The molecule has 106 valence electrons. The van der Waals surface area contributed by atoms with Gasteiger partial charge in [0.05, 0.1) is 5.56 Å². The van der Waals surface area contributed by atoms with Crippen LogP contribution in [0.2, 0.25) is 0 Å². The second kappa shape index (κ2) is 6.51. The van der Waals surface area contributed by atoms with Crippen molar-refractivity contribution in [2.75, 3.05) is 20.3 Å². The zero-order valence-electron chi connectivity index (χ0n) is 10.2. The van der Waals surface area contributed by atoms with E-state index < -0.39 is 23.5 Å². The second-order valence-corrected chi connectivity index (χ2v) is 3.79. The third-order valence-electron chi connectivity index (χ3n) is 2.34. The highest BCUT2D eigenvalue weighted by Gasteiger charge is 2.34. The standard InChI is InChI=1S/C12H13F4NO2/c1-19-6-2-5-17-11(18)8-3-4-10(13)9(7-8)12(14,15)16/h3-4,7H,2,5-6H2,1H3,(H,17,18). The lowest BCUT2D eigenvalue weighted by Gasteiger charge is -2.10. The molecule has 3 nitrogen and oxygen atoms in total. The lowest BCUT2D eigenvalue weighted by molar-refractivity contribution is -0.140. The lowest BCUT2D eigenvalue weighted by Crippen LogP contribution is -2.25. The molecule has 0 fully saturated rings. The van der Waals surface area contributed by atoms with Gasteiger partial charge in [-0.05, 0) is 24.6 Å². The molecule has 0 unspecified atom stereocenters. The molecule has 0 bridgehead atoms. The van der Waals surface area contributed by atoms with Crippen LogP contribution in [-0.2, 0) is 10.9 Å². The van der Waals surface area contributed by atoms with E-state index in [-0.39, 0.29) is 12.1 Å². The maximum atomic E-state index is 13.0. The molecule has 0 radical (unpaired) electrons. The Balaban J connectivity index is 2.76. The molecule has 0 heterocycles. The number of nitrogens with one attached hydrogen (secondary N) is 1. The van der Waals surface area contributed by atoms with Gasteiger partial charge in [0, 0.05) is 25.8 Å². The van der Waals surface area contributed by atoms with E-state index in [1.54, 1.807) is 0 Å². The third kappa shape index (κ3) is 4.51. The van der Waals surface area contributed by atoms with Crippen molar-refractivity contribution in [1.29, 1.82) is 0 Å². The quantitative estimate of drug-likeness (QED) is 0.664. The number of hydrogen-bond donors (Lipinski definition) is 1. The van der Waals surface area contributed by atoms with Crippen LogP contribution in [0.3, 0.4) is 0 Å². The van der Waals surface area contributed by atoms with Crippen LogP contribution in [0, 0.1) is 5.82 Å². The zero-order chi connectivity index (χ0) is 14.5. The summed E-state index contributed by atoms with van der Waals surface area (Å²) >= 11 is 0. The molecule has 1 N–H and O–H groups in total. The average molecular weight is 279 g/mol. The highest BCUT2D eigenvalue weighted by atomic mass is 19.4. The van der Waals surface area contributed by atoms with Gasteiger partial charge in [-0.15, -0.1) is 0 Å². The van der Waals surface area contributed by atoms with Crippen LogP contribution in [0.5, 0.6) is 0 Å². The fourth-order valence-electron chi connectivity index (χ4n) is 1.40. The van der Waals surface area contributed by atoms with Crippen LogP contribution in [0.15, 0.2) is 18.2 Å². The van der Waals surface area contributed by atoms with Crippen LogP contribution in [-0.4, -0.2) is 26.2 Å². The highest BCUT2D eigenvalue weighted by molar-refractivity contribution is 5.94. The smallest absolute Gasteiger partial charge is 0.385 e. The number of carbonyl (C=O) groups is 1. The molecular formula is C12H13F4NO2. The van der Waals surface area contributed by atoms with Crippen LogP contribution in [0.4, 0.5) is 17.6 Å². The fraction of sp³-hybridized carbons (Fsp3) is 0.417. The SMILES string of the molecule is COCCCNC(=O)c1ccc(F)c(C(F)(F)F)c1. The van der Waals surface area contributed by atoms with Crippen molar-refractivity contribution >= 4 is 5.91 Å². The molecule has 0 saturated carbocycles. The molecular weight excluding hydrogens is 266 g/mol. The largest absolute Gasteiger partial charge is 0.419 e. The van der Waals surface area contributed by atoms with Crippen LogP contribution in [0.1, 0.15) is 22.3 Å². The molecule has 0 spiro atoms. The number of amides is 1. The van der Waals surface area contributed by atoms with Crippen molar-refractivity contribution < 1.29 is 27.1 Å². The molecule has 0 saturated heterocycles. The van der Waals surface area contributed by atoms with Crippen LogP contribution in [0.25, 0.3) is 0 Å². The van der Waals surface area contributed by atoms with Gasteiger partial charge in [-0.1, -0.05) is 0 Å². The first kappa shape index (κ1) is 15.4. The van der Waals surface area contributed by atoms with Gasteiger partial charge in [-0.2, -0.15) is 13.2 Å². The molecule has 0 aliphatic rings. The summed E-state index contributed by atoms with van der Waals surface area (Å²) in [5.41, 5.74) is -1.68. The molecule has 1 aromatic carbocycles. The number of methoxy groups -OCH3 is 1. The van der Waals surface area contributed by atoms with Gasteiger partial charge in [0.2, 0.25) is 0 Å². The predicted molar refractivity (Wildman–Crippen MR) is 60.2 cm³/mol. The van der Waals surface area contributed by atoms with Gasteiger partial charge in [0.1, 0.15) is 5.82 Å². The van der Waals surface area contributed by atoms with E-state index in [9.17, 15) is 22.4 Å². The Bertz CT molecular complexity index is 446. The number of ether oxygens (including phenoxy) is 1.